The van der Waals surface area contributed by atoms with Crippen LogP contribution >= 0.6 is 0 Å². The van der Waals surface area contributed by atoms with Gasteiger partial charge in [0.05, 0.1) is 17.1 Å². The lowest BCUT2D eigenvalue weighted by Gasteiger charge is -2.11. The molecule has 0 aliphatic heterocycles. The summed E-state index contributed by atoms with van der Waals surface area (Å²) in [5.41, 5.74) is 7.83. The van der Waals surface area contributed by atoms with E-state index in [1.54, 1.807) is 23.9 Å². The summed E-state index contributed by atoms with van der Waals surface area (Å²) in [6.07, 6.45) is 0. The van der Waals surface area contributed by atoms with Gasteiger partial charge in [-0.3, -0.25) is 4.68 Å². The van der Waals surface area contributed by atoms with Crippen LogP contribution in [0.5, 0.6) is 5.75 Å². The molecule has 0 saturated heterocycles. The van der Waals surface area contributed by atoms with Gasteiger partial charge in [0.1, 0.15) is 12.2 Å². The van der Waals surface area contributed by atoms with Crippen molar-refractivity contribution in [2.75, 3.05) is 5.73 Å². The van der Waals surface area contributed by atoms with Crippen LogP contribution in [0.3, 0.4) is 0 Å². The predicted molar refractivity (Wildman–Crippen MR) is 70.1 cm³/mol. The molecule has 19 heavy (non-hydrogen) atoms. The van der Waals surface area contributed by atoms with E-state index >= 15 is 0 Å². The first kappa shape index (κ1) is 12.9. The summed E-state index contributed by atoms with van der Waals surface area (Å²) in [5, 5.41) is 13.3. The molecule has 0 unspecified atom stereocenters. The number of aryl methyl sites for hydroxylation is 2. The van der Waals surface area contributed by atoms with E-state index in [0.717, 1.165) is 11.4 Å². The number of carbonyl (C=O) groups is 1. The number of carboxylic acid groups (broad SMARTS) is 1. The van der Waals surface area contributed by atoms with Gasteiger partial charge < -0.3 is 15.6 Å². The fraction of sp³-hybridized carbons (Fsp3) is 0.231. The van der Waals surface area contributed by atoms with E-state index in [1.807, 2.05) is 13.0 Å². The van der Waals surface area contributed by atoms with Crippen molar-refractivity contribution in [3.8, 4) is 5.75 Å². The van der Waals surface area contributed by atoms with Gasteiger partial charge in [-0.05, 0) is 25.1 Å². The smallest absolute Gasteiger partial charge is 0.339 e. The van der Waals surface area contributed by atoms with Gasteiger partial charge in [-0.1, -0.05) is 6.07 Å². The second-order valence-corrected chi connectivity index (χ2v) is 4.22. The summed E-state index contributed by atoms with van der Waals surface area (Å²) in [6, 6.07) is 6.53. The summed E-state index contributed by atoms with van der Waals surface area (Å²) in [5.74, 6) is -0.877. The first-order chi connectivity index (χ1) is 8.99. The second-order valence-electron chi connectivity index (χ2n) is 4.22. The van der Waals surface area contributed by atoms with Crippen molar-refractivity contribution >= 4 is 11.7 Å². The lowest BCUT2D eigenvalue weighted by Crippen LogP contribution is -2.08. The number of para-hydroxylation sites is 1. The van der Waals surface area contributed by atoms with Gasteiger partial charge in [-0.25, -0.2) is 4.79 Å². The van der Waals surface area contributed by atoms with Crippen LogP contribution in [0.15, 0.2) is 24.3 Å². The molecule has 1 heterocycles. The zero-order valence-corrected chi connectivity index (χ0v) is 10.8. The minimum atomic E-state index is -1.07. The molecule has 3 N–H and O–H groups in total. The highest BCUT2D eigenvalue weighted by Gasteiger charge is 2.14. The summed E-state index contributed by atoms with van der Waals surface area (Å²) < 4.78 is 7.23. The van der Waals surface area contributed by atoms with Crippen LogP contribution in [-0.4, -0.2) is 20.9 Å². The summed E-state index contributed by atoms with van der Waals surface area (Å²) in [6.45, 7) is 2.09. The zero-order valence-electron chi connectivity index (χ0n) is 10.8. The minimum Gasteiger partial charge on any atom is -0.484 e. The van der Waals surface area contributed by atoms with Gasteiger partial charge >= 0.3 is 5.97 Å². The van der Waals surface area contributed by atoms with E-state index in [4.69, 9.17) is 15.6 Å². The monoisotopic (exact) mass is 261 g/mol. The molecule has 0 spiro atoms. The Kier molecular flexibility index (Phi) is 3.41. The molecule has 0 aliphatic rings. The Morgan fingerprint density at radius 3 is 2.84 bits per heavy atom. The van der Waals surface area contributed by atoms with Crippen molar-refractivity contribution in [3.05, 3.63) is 41.2 Å². The molecule has 6 nitrogen and oxygen atoms in total. The van der Waals surface area contributed by atoms with Crippen molar-refractivity contribution in [3.63, 3.8) is 0 Å². The molecule has 0 saturated carbocycles. The minimum absolute atomic E-state index is 0.0545. The standard InChI is InChI=1S/C13H15N3O3/c1-8-6-9(16(2)15-8)7-19-12-10(13(17)18)4-3-5-11(12)14/h3-6H,7,14H2,1-2H3,(H,17,18). The lowest BCUT2D eigenvalue weighted by molar-refractivity contribution is 0.0692. The summed E-state index contributed by atoms with van der Waals surface area (Å²) in [4.78, 5) is 11.1. The Balaban J connectivity index is 2.24. The van der Waals surface area contributed by atoms with Gasteiger partial charge in [0.2, 0.25) is 0 Å². The molecule has 0 fully saturated rings. The second kappa shape index (κ2) is 5.01. The van der Waals surface area contributed by atoms with Crippen molar-refractivity contribution in [1.82, 2.24) is 9.78 Å². The fourth-order valence-corrected chi connectivity index (χ4v) is 1.83. The first-order valence-corrected chi connectivity index (χ1v) is 5.73. The third kappa shape index (κ3) is 2.67. The highest BCUT2D eigenvalue weighted by Crippen LogP contribution is 2.27. The molecule has 0 bridgehead atoms. The van der Waals surface area contributed by atoms with Gasteiger partial charge in [-0.2, -0.15) is 5.10 Å². The molecule has 6 heteroatoms. The molecule has 0 radical (unpaired) electrons. The maximum Gasteiger partial charge on any atom is 0.339 e. The number of aromatic nitrogens is 2. The number of aromatic carboxylic acids is 1. The van der Waals surface area contributed by atoms with Gasteiger partial charge in [-0.15, -0.1) is 0 Å². The third-order valence-corrected chi connectivity index (χ3v) is 2.74. The molecular formula is C13H15N3O3. The number of anilines is 1. The molecule has 2 aromatic rings. The molecule has 1 aromatic heterocycles. The third-order valence-electron chi connectivity index (χ3n) is 2.74. The SMILES string of the molecule is Cc1cc(COc2c(N)cccc2C(=O)O)n(C)n1. The Labute approximate surface area is 110 Å². The molecule has 2 rings (SSSR count). The van der Waals surface area contributed by atoms with Crippen LogP contribution in [0.4, 0.5) is 5.69 Å². The average molecular weight is 261 g/mol. The number of benzene rings is 1. The van der Waals surface area contributed by atoms with E-state index in [1.165, 1.54) is 6.07 Å². The quantitative estimate of drug-likeness (QED) is 0.815. The molecule has 0 atom stereocenters. The highest BCUT2D eigenvalue weighted by molar-refractivity contribution is 5.93. The van der Waals surface area contributed by atoms with Crippen LogP contribution < -0.4 is 10.5 Å². The Hall–Kier alpha value is -2.50. The maximum absolute atomic E-state index is 11.1. The number of nitrogens with two attached hydrogens (primary N) is 1. The van der Waals surface area contributed by atoms with Gasteiger partial charge in [0.15, 0.2) is 5.75 Å². The number of carboxylic acids is 1. The topological polar surface area (TPSA) is 90.4 Å². The number of hydrogen-bond donors (Lipinski definition) is 2. The largest absolute Gasteiger partial charge is 0.484 e. The Morgan fingerprint density at radius 1 is 1.53 bits per heavy atom. The van der Waals surface area contributed by atoms with Crippen LogP contribution in [0.1, 0.15) is 21.7 Å². The molecule has 1 aromatic carbocycles. The maximum atomic E-state index is 11.1. The van der Waals surface area contributed by atoms with Gasteiger partial charge in [0, 0.05) is 7.05 Å². The van der Waals surface area contributed by atoms with E-state index in [0.29, 0.717) is 5.69 Å². The number of hydrogen-bond acceptors (Lipinski definition) is 4. The van der Waals surface area contributed by atoms with Crippen LogP contribution in [-0.2, 0) is 13.7 Å². The number of nitrogen functional groups attached to an aromatic ring is 1. The van der Waals surface area contributed by atoms with E-state index in [-0.39, 0.29) is 17.9 Å². The molecular weight excluding hydrogens is 246 g/mol. The van der Waals surface area contributed by atoms with Crippen molar-refractivity contribution in [2.45, 2.75) is 13.5 Å². The Bertz CT molecular complexity index is 620. The first-order valence-electron chi connectivity index (χ1n) is 5.73. The van der Waals surface area contributed by atoms with E-state index < -0.39 is 5.97 Å². The number of ether oxygens (including phenoxy) is 1. The van der Waals surface area contributed by atoms with Crippen LogP contribution in [0.25, 0.3) is 0 Å². The summed E-state index contributed by atoms with van der Waals surface area (Å²) in [7, 11) is 1.80. The predicted octanol–water partition coefficient (Wildman–Crippen LogP) is 1.59. The zero-order chi connectivity index (χ0) is 14.0. The average Bonchev–Trinajstić information content (AvgIpc) is 2.66. The molecule has 0 amide bonds. The van der Waals surface area contributed by atoms with Crippen LogP contribution in [0, 0.1) is 6.92 Å². The number of rotatable bonds is 4. The summed E-state index contributed by atoms with van der Waals surface area (Å²) >= 11 is 0. The van der Waals surface area contributed by atoms with Crippen LogP contribution in [0.2, 0.25) is 0 Å². The van der Waals surface area contributed by atoms with E-state index in [9.17, 15) is 4.79 Å². The van der Waals surface area contributed by atoms with Gasteiger partial charge in [0.25, 0.3) is 0 Å². The fourth-order valence-electron chi connectivity index (χ4n) is 1.83. The van der Waals surface area contributed by atoms with Crippen molar-refractivity contribution in [1.29, 1.82) is 0 Å². The van der Waals surface area contributed by atoms with Crippen molar-refractivity contribution < 1.29 is 14.6 Å². The highest BCUT2D eigenvalue weighted by atomic mass is 16.5. The molecule has 100 valence electrons. The lowest BCUT2D eigenvalue weighted by atomic mass is 10.2. The number of nitrogens with zero attached hydrogens (tertiary/aromatic N) is 2. The normalized spacial score (nSPS) is 10.4. The van der Waals surface area contributed by atoms with E-state index in [2.05, 4.69) is 5.10 Å². The molecule has 0 aliphatic carbocycles. The Morgan fingerprint density at radius 2 is 2.26 bits per heavy atom. The van der Waals surface area contributed by atoms with Crippen molar-refractivity contribution in [2.24, 2.45) is 7.05 Å².